The van der Waals surface area contributed by atoms with Crippen LogP contribution in [0.5, 0.6) is 0 Å². The summed E-state index contributed by atoms with van der Waals surface area (Å²) in [4.78, 5) is 20.8. The Balaban J connectivity index is 1.50. The van der Waals surface area contributed by atoms with Crippen LogP contribution in [0.4, 0.5) is 13.2 Å². The predicted octanol–water partition coefficient (Wildman–Crippen LogP) is 3.05. The molecule has 3 heterocycles. The van der Waals surface area contributed by atoms with E-state index in [-0.39, 0.29) is 11.8 Å². The Kier molecular flexibility index (Phi) is 3.81. The number of halogens is 3. The van der Waals surface area contributed by atoms with Crippen LogP contribution in [0, 0.1) is 0 Å². The highest BCUT2D eigenvalue weighted by Crippen LogP contribution is 2.41. The highest BCUT2D eigenvalue weighted by Gasteiger charge is 2.36. The molecule has 2 aliphatic rings. The number of hydrogen-bond acceptors (Lipinski definition) is 3. The molecule has 134 valence electrons. The van der Waals surface area contributed by atoms with Gasteiger partial charge in [-0.05, 0) is 25.7 Å². The third-order valence-electron chi connectivity index (χ3n) is 4.88. The summed E-state index contributed by atoms with van der Waals surface area (Å²) in [6.07, 6.45) is 1.47. The molecule has 0 unspecified atom stereocenters. The topological polar surface area (TPSA) is 77.7 Å². The van der Waals surface area contributed by atoms with Crippen LogP contribution in [0.15, 0.2) is 12.4 Å². The summed E-state index contributed by atoms with van der Waals surface area (Å²) in [6.45, 7) is 0.955. The van der Waals surface area contributed by atoms with E-state index in [9.17, 15) is 18.0 Å². The summed E-state index contributed by atoms with van der Waals surface area (Å²) in [5.74, 6) is 0.342. The number of rotatable bonds is 3. The van der Waals surface area contributed by atoms with Crippen LogP contribution in [0.3, 0.4) is 0 Å². The molecule has 1 atom stereocenters. The SMILES string of the molecule is O=C(c1cn[nH]c1C1CC1)N1CCC[C@H](c2ncc(C(F)(F)F)[nH]2)C1. The largest absolute Gasteiger partial charge is 0.432 e. The zero-order chi connectivity index (χ0) is 17.6. The van der Waals surface area contributed by atoms with E-state index in [1.54, 1.807) is 11.1 Å². The number of amides is 1. The Hall–Kier alpha value is -2.32. The van der Waals surface area contributed by atoms with E-state index in [1.165, 1.54) is 0 Å². The minimum atomic E-state index is -4.44. The summed E-state index contributed by atoms with van der Waals surface area (Å²) in [6, 6.07) is 0. The van der Waals surface area contributed by atoms with Gasteiger partial charge in [0.1, 0.15) is 11.5 Å². The van der Waals surface area contributed by atoms with Gasteiger partial charge in [0, 0.05) is 24.9 Å². The quantitative estimate of drug-likeness (QED) is 0.890. The molecule has 0 bridgehead atoms. The van der Waals surface area contributed by atoms with Crippen molar-refractivity contribution in [1.29, 1.82) is 0 Å². The number of imidazole rings is 1. The number of carbonyl (C=O) groups is 1. The molecule has 1 amide bonds. The van der Waals surface area contributed by atoms with E-state index in [0.717, 1.165) is 31.2 Å². The van der Waals surface area contributed by atoms with Crippen LogP contribution in [0.25, 0.3) is 0 Å². The molecular formula is C16H18F3N5O. The Bertz CT molecular complexity index is 777. The van der Waals surface area contributed by atoms with Crippen molar-refractivity contribution < 1.29 is 18.0 Å². The van der Waals surface area contributed by atoms with Crippen molar-refractivity contribution in [1.82, 2.24) is 25.1 Å². The minimum absolute atomic E-state index is 0.108. The molecule has 2 aromatic heterocycles. The number of aromatic amines is 2. The van der Waals surface area contributed by atoms with Crippen molar-refractivity contribution in [3.63, 3.8) is 0 Å². The molecule has 1 aliphatic carbocycles. The molecule has 0 aromatic carbocycles. The lowest BCUT2D eigenvalue weighted by molar-refractivity contribution is -0.141. The molecule has 4 rings (SSSR count). The van der Waals surface area contributed by atoms with Gasteiger partial charge in [-0.25, -0.2) is 4.98 Å². The van der Waals surface area contributed by atoms with Crippen LogP contribution in [0.1, 0.15) is 65.1 Å². The lowest BCUT2D eigenvalue weighted by Gasteiger charge is -2.32. The normalized spacial score (nSPS) is 21.6. The maximum absolute atomic E-state index is 12.8. The molecule has 2 aromatic rings. The van der Waals surface area contributed by atoms with E-state index < -0.39 is 11.9 Å². The number of nitrogens with zero attached hydrogens (tertiary/aromatic N) is 3. The molecule has 0 spiro atoms. The molecule has 1 aliphatic heterocycles. The second kappa shape index (κ2) is 5.89. The number of piperidine rings is 1. The van der Waals surface area contributed by atoms with Crippen LogP contribution in [-0.4, -0.2) is 44.1 Å². The van der Waals surface area contributed by atoms with E-state index in [2.05, 4.69) is 20.2 Å². The zero-order valence-electron chi connectivity index (χ0n) is 13.4. The number of likely N-dealkylation sites (tertiary alicyclic amines) is 1. The fourth-order valence-electron chi connectivity index (χ4n) is 3.39. The first-order chi connectivity index (χ1) is 11.9. The number of H-pyrrole nitrogens is 2. The highest BCUT2D eigenvalue weighted by molar-refractivity contribution is 5.95. The van der Waals surface area contributed by atoms with E-state index in [1.807, 2.05) is 0 Å². The second-order valence-electron chi connectivity index (χ2n) is 6.74. The molecule has 0 radical (unpaired) electrons. The van der Waals surface area contributed by atoms with Crippen LogP contribution >= 0.6 is 0 Å². The average Bonchev–Trinajstić information content (AvgIpc) is 3.12. The molecule has 1 saturated heterocycles. The first kappa shape index (κ1) is 16.2. The average molecular weight is 353 g/mol. The highest BCUT2D eigenvalue weighted by atomic mass is 19.4. The van der Waals surface area contributed by atoms with E-state index in [0.29, 0.717) is 36.8 Å². The number of carbonyl (C=O) groups excluding carboxylic acids is 1. The summed E-state index contributed by atoms with van der Waals surface area (Å²) >= 11 is 0. The van der Waals surface area contributed by atoms with E-state index >= 15 is 0 Å². The van der Waals surface area contributed by atoms with Crippen molar-refractivity contribution in [2.45, 2.75) is 43.7 Å². The third-order valence-corrected chi connectivity index (χ3v) is 4.88. The maximum Gasteiger partial charge on any atom is 0.432 e. The van der Waals surface area contributed by atoms with Gasteiger partial charge in [-0.3, -0.25) is 9.89 Å². The fraction of sp³-hybridized carbons (Fsp3) is 0.562. The minimum Gasteiger partial charge on any atom is -0.338 e. The standard InChI is InChI=1S/C16H18F3N5O/c17-16(18,19)12-7-20-14(22-12)10-2-1-5-24(8-10)15(25)11-6-21-23-13(11)9-3-4-9/h6-7,9-10H,1-5,8H2,(H,20,22)(H,21,23)/t10-/m0/s1. The van der Waals surface area contributed by atoms with Crippen molar-refractivity contribution in [2.75, 3.05) is 13.1 Å². The zero-order valence-corrected chi connectivity index (χ0v) is 13.4. The molecular weight excluding hydrogens is 335 g/mol. The van der Waals surface area contributed by atoms with Crippen LogP contribution in [-0.2, 0) is 6.18 Å². The van der Waals surface area contributed by atoms with Crippen LogP contribution in [0.2, 0.25) is 0 Å². The monoisotopic (exact) mass is 353 g/mol. The number of aromatic nitrogens is 4. The first-order valence-electron chi connectivity index (χ1n) is 8.38. The van der Waals surface area contributed by atoms with Crippen molar-refractivity contribution >= 4 is 5.91 Å². The fourth-order valence-corrected chi connectivity index (χ4v) is 3.39. The summed E-state index contributed by atoms with van der Waals surface area (Å²) in [5, 5.41) is 6.90. The lowest BCUT2D eigenvalue weighted by atomic mass is 9.96. The van der Waals surface area contributed by atoms with Gasteiger partial charge in [0.25, 0.3) is 5.91 Å². The molecule has 2 fully saturated rings. The van der Waals surface area contributed by atoms with Crippen molar-refractivity contribution in [3.8, 4) is 0 Å². The summed E-state index contributed by atoms with van der Waals surface area (Å²) in [7, 11) is 0. The predicted molar refractivity (Wildman–Crippen MR) is 82.0 cm³/mol. The molecule has 6 nitrogen and oxygen atoms in total. The molecule has 9 heteroatoms. The summed E-state index contributed by atoms with van der Waals surface area (Å²) < 4.78 is 38.2. The van der Waals surface area contributed by atoms with Gasteiger partial charge in [0.05, 0.1) is 23.7 Å². The molecule has 2 N–H and O–H groups in total. The van der Waals surface area contributed by atoms with Gasteiger partial charge in [-0.1, -0.05) is 0 Å². The number of alkyl halides is 3. The Labute approximate surface area is 141 Å². The van der Waals surface area contributed by atoms with Gasteiger partial charge in [-0.15, -0.1) is 0 Å². The van der Waals surface area contributed by atoms with Crippen molar-refractivity contribution in [2.24, 2.45) is 0 Å². The first-order valence-corrected chi connectivity index (χ1v) is 8.38. The molecule has 1 saturated carbocycles. The van der Waals surface area contributed by atoms with Gasteiger partial charge < -0.3 is 9.88 Å². The smallest absolute Gasteiger partial charge is 0.338 e. The van der Waals surface area contributed by atoms with E-state index in [4.69, 9.17) is 0 Å². The molecule has 25 heavy (non-hydrogen) atoms. The number of hydrogen-bond donors (Lipinski definition) is 2. The van der Waals surface area contributed by atoms with Crippen molar-refractivity contribution in [3.05, 3.63) is 35.2 Å². The van der Waals surface area contributed by atoms with Gasteiger partial charge >= 0.3 is 6.18 Å². The second-order valence-corrected chi connectivity index (χ2v) is 6.74. The Morgan fingerprint density at radius 1 is 1.20 bits per heavy atom. The maximum atomic E-state index is 12.8. The van der Waals surface area contributed by atoms with Gasteiger partial charge in [0.2, 0.25) is 0 Å². The lowest BCUT2D eigenvalue weighted by Crippen LogP contribution is -2.39. The summed E-state index contributed by atoms with van der Waals surface area (Å²) in [5.41, 5.74) is 0.611. The van der Waals surface area contributed by atoms with Gasteiger partial charge in [-0.2, -0.15) is 18.3 Å². The Morgan fingerprint density at radius 3 is 2.68 bits per heavy atom. The van der Waals surface area contributed by atoms with Gasteiger partial charge in [0.15, 0.2) is 0 Å². The Morgan fingerprint density at radius 2 is 2.00 bits per heavy atom. The van der Waals surface area contributed by atoms with Crippen LogP contribution < -0.4 is 0 Å². The number of nitrogens with one attached hydrogen (secondary N) is 2. The third kappa shape index (κ3) is 3.14.